The standard InChI is InChI=1S/C38H40N6O2/c1-3-5-7-21-45-35-17-9-29(10-18-35)23-39-33-25-41-37(42-26-33)31-13-15-32(16-14-31)38-43-27-34(28-44-38)40-24-30-11-19-36(20-12-30)46-22-8-6-4-2/h9-20,23-28H,3-8,21-22H2,1-2H3. The molecule has 0 aliphatic rings. The third kappa shape index (κ3) is 9.89. The lowest BCUT2D eigenvalue weighted by Gasteiger charge is -2.05. The van der Waals surface area contributed by atoms with Crippen LogP contribution in [0.4, 0.5) is 11.4 Å². The van der Waals surface area contributed by atoms with Crippen LogP contribution in [0.3, 0.4) is 0 Å². The van der Waals surface area contributed by atoms with Crippen LogP contribution in [0.5, 0.6) is 11.5 Å². The average molecular weight is 613 g/mol. The van der Waals surface area contributed by atoms with E-state index >= 15 is 0 Å². The van der Waals surface area contributed by atoms with Crippen molar-refractivity contribution < 1.29 is 9.47 Å². The van der Waals surface area contributed by atoms with Crippen LogP contribution < -0.4 is 9.47 Å². The fourth-order valence-electron chi connectivity index (χ4n) is 4.52. The monoisotopic (exact) mass is 612 g/mol. The van der Waals surface area contributed by atoms with Gasteiger partial charge in [-0.1, -0.05) is 63.8 Å². The van der Waals surface area contributed by atoms with Crippen molar-refractivity contribution in [2.24, 2.45) is 9.98 Å². The molecule has 0 amide bonds. The SMILES string of the molecule is CCCCCOc1ccc(C=Nc2cnc(-c3ccc(-c4ncc(N=Cc5ccc(OCCCCC)cc5)cn4)cc3)nc2)cc1. The van der Waals surface area contributed by atoms with E-state index in [0.717, 1.165) is 59.8 Å². The number of hydrogen-bond acceptors (Lipinski definition) is 8. The lowest BCUT2D eigenvalue weighted by atomic mass is 10.1. The zero-order valence-corrected chi connectivity index (χ0v) is 26.5. The zero-order valence-electron chi connectivity index (χ0n) is 26.5. The first-order valence-corrected chi connectivity index (χ1v) is 16.0. The van der Waals surface area contributed by atoms with Crippen molar-refractivity contribution in [3.63, 3.8) is 0 Å². The highest BCUT2D eigenvalue weighted by molar-refractivity contribution is 5.82. The Morgan fingerprint density at radius 3 is 1.22 bits per heavy atom. The largest absolute Gasteiger partial charge is 0.494 e. The number of aromatic nitrogens is 4. The van der Waals surface area contributed by atoms with Crippen molar-refractivity contribution in [3.8, 4) is 34.3 Å². The highest BCUT2D eigenvalue weighted by Crippen LogP contribution is 2.23. The first kappa shape index (κ1) is 32.2. The molecule has 0 N–H and O–H groups in total. The van der Waals surface area contributed by atoms with Gasteiger partial charge in [-0.2, -0.15) is 0 Å². The molecule has 0 saturated heterocycles. The molecule has 0 fully saturated rings. The number of rotatable bonds is 16. The maximum atomic E-state index is 5.78. The van der Waals surface area contributed by atoms with E-state index in [1.165, 1.54) is 25.7 Å². The Hall–Kier alpha value is -5.24. The molecule has 0 atom stereocenters. The van der Waals surface area contributed by atoms with Crippen molar-refractivity contribution >= 4 is 23.8 Å². The van der Waals surface area contributed by atoms with Crippen LogP contribution in [0, 0.1) is 0 Å². The number of unbranched alkanes of at least 4 members (excludes halogenated alkanes) is 4. The number of nitrogens with zero attached hydrogens (tertiary/aromatic N) is 6. The van der Waals surface area contributed by atoms with E-state index in [1.54, 1.807) is 37.2 Å². The molecule has 0 radical (unpaired) electrons. The number of benzene rings is 3. The summed E-state index contributed by atoms with van der Waals surface area (Å²) in [5.41, 5.74) is 5.12. The summed E-state index contributed by atoms with van der Waals surface area (Å²) >= 11 is 0. The zero-order chi connectivity index (χ0) is 31.8. The van der Waals surface area contributed by atoms with Gasteiger partial charge in [0.15, 0.2) is 11.6 Å². The second-order valence-corrected chi connectivity index (χ2v) is 10.9. The van der Waals surface area contributed by atoms with Gasteiger partial charge in [0.25, 0.3) is 0 Å². The molecule has 2 heterocycles. The molecule has 8 heteroatoms. The molecule has 0 unspecified atom stereocenters. The molecule has 0 spiro atoms. The highest BCUT2D eigenvalue weighted by Gasteiger charge is 2.05. The molecule has 3 aromatic carbocycles. The lowest BCUT2D eigenvalue weighted by Crippen LogP contribution is -1.96. The third-order valence-corrected chi connectivity index (χ3v) is 7.20. The summed E-state index contributed by atoms with van der Waals surface area (Å²) < 4.78 is 11.6. The second-order valence-electron chi connectivity index (χ2n) is 10.9. The molecule has 0 aliphatic heterocycles. The summed E-state index contributed by atoms with van der Waals surface area (Å²) in [6.45, 7) is 5.87. The average Bonchev–Trinajstić information content (AvgIpc) is 3.12. The minimum absolute atomic E-state index is 0.622. The highest BCUT2D eigenvalue weighted by atomic mass is 16.5. The fourth-order valence-corrected chi connectivity index (χ4v) is 4.52. The van der Waals surface area contributed by atoms with E-state index < -0.39 is 0 Å². The van der Waals surface area contributed by atoms with Gasteiger partial charge in [0.1, 0.15) is 11.5 Å². The van der Waals surface area contributed by atoms with Crippen molar-refractivity contribution in [2.75, 3.05) is 13.2 Å². The van der Waals surface area contributed by atoms with Crippen LogP contribution in [0.15, 0.2) is 108 Å². The van der Waals surface area contributed by atoms with Crippen LogP contribution >= 0.6 is 0 Å². The quantitative estimate of drug-likeness (QED) is 0.0814. The maximum absolute atomic E-state index is 5.78. The van der Waals surface area contributed by atoms with Gasteiger partial charge in [0.2, 0.25) is 0 Å². The van der Waals surface area contributed by atoms with Gasteiger partial charge in [0, 0.05) is 23.6 Å². The Labute approximate surface area is 271 Å². The van der Waals surface area contributed by atoms with E-state index in [2.05, 4.69) is 43.8 Å². The van der Waals surface area contributed by atoms with Gasteiger partial charge in [0.05, 0.1) is 49.4 Å². The summed E-state index contributed by atoms with van der Waals surface area (Å²) in [4.78, 5) is 27.1. The summed E-state index contributed by atoms with van der Waals surface area (Å²) in [5.74, 6) is 3.00. The number of hydrogen-bond donors (Lipinski definition) is 0. The Balaban J connectivity index is 1.12. The first-order valence-electron chi connectivity index (χ1n) is 16.0. The first-order chi connectivity index (χ1) is 22.7. The van der Waals surface area contributed by atoms with Crippen LogP contribution in [0.2, 0.25) is 0 Å². The molecule has 0 saturated carbocycles. The van der Waals surface area contributed by atoms with Crippen LogP contribution in [-0.4, -0.2) is 45.6 Å². The minimum Gasteiger partial charge on any atom is -0.494 e. The van der Waals surface area contributed by atoms with Gasteiger partial charge in [-0.3, -0.25) is 9.98 Å². The van der Waals surface area contributed by atoms with Gasteiger partial charge in [-0.05, 0) is 72.5 Å². The molecule has 234 valence electrons. The number of ether oxygens (including phenoxy) is 2. The predicted octanol–water partition coefficient (Wildman–Crippen LogP) is 9.24. The van der Waals surface area contributed by atoms with E-state index in [4.69, 9.17) is 9.47 Å². The molecule has 5 aromatic rings. The van der Waals surface area contributed by atoms with E-state index in [0.29, 0.717) is 23.0 Å². The molecule has 8 nitrogen and oxygen atoms in total. The Bertz CT molecular complexity index is 1540. The summed E-state index contributed by atoms with van der Waals surface area (Å²) in [6, 6.07) is 23.7. The summed E-state index contributed by atoms with van der Waals surface area (Å²) in [7, 11) is 0. The van der Waals surface area contributed by atoms with E-state index in [1.807, 2.05) is 72.8 Å². The summed E-state index contributed by atoms with van der Waals surface area (Å²) in [5, 5.41) is 0. The van der Waals surface area contributed by atoms with Crippen LogP contribution in [-0.2, 0) is 0 Å². The minimum atomic E-state index is 0.622. The molecule has 0 aliphatic carbocycles. The van der Waals surface area contributed by atoms with Crippen molar-refractivity contribution in [3.05, 3.63) is 109 Å². The van der Waals surface area contributed by atoms with Gasteiger partial charge >= 0.3 is 0 Å². The molecular weight excluding hydrogens is 572 g/mol. The van der Waals surface area contributed by atoms with E-state index in [9.17, 15) is 0 Å². The topological polar surface area (TPSA) is 94.7 Å². The normalized spacial score (nSPS) is 11.3. The molecule has 0 bridgehead atoms. The van der Waals surface area contributed by atoms with Crippen molar-refractivity contribution in [1.29, 1.82) is 0 Å². The van der Waals surface area contributed by atoms with Gasteiger partial charge in [-0.25, -0.2) is 19.9 Å². The third-order valence-electron chi connectivity index (χ3n) is 7.20. The van der Waals surface area contributed by atoms with Crippen LogP contribution in [0.1, 0.15) is 63.5 Å². The Kier molecular flexibility index (Phi) is 12.1. The fraction of sp³-hybridized carbons (Fsp3) is 0.263. The molecule has 46 heavy (non-hydrogen) atoms. The molecule has 2 aromatic heterocycles. The molecular formula is C38H40N6O2. The Morgan fingerprint density at radius 1 is 0.500 bits per heavy atom. The van der Waals surface area contributed by atoms with Gasteiger partial charge < -0.3 is 9.47 Å². The molecule has 5 rings (SSSR count). The van der Waals surface area contributed by atoms with Crippen LogP contribution in [0.25, 0.3) is 22.8 Å². The maximum Gasteiger partial charge on any atom is 0.159 e. The summed E-state index contributed by atoms with van der Waals surface area (Å²) in [6.07, 6.45) is 17.4. The van der Waals surface area contributed by atoms with E-state index in [-0.39, 0.29) is 0 Å². The smallest absolute Gasteiger partial charge is 0.159 e. The Morgan fingerprint density at radius 2 is 0.870 bits per heavy atom. The van der Waals surface area contributed by atoms with Crippen molar-refractivity contribution in [1.82, 2.24) is 19.9 Å². The lowest BCUT2D eigenvalue weighted by molar-refractivity contribution is 0.306. The predicted molar refractivity (Wildman–Crippen MR) is 186 cm³/mol. The van der Waals surface area contributed by atoms with Gasteiger partial charge in [-0.15, -0.1) is 0 Å². The van der Waals surface area contributed by atoms with Crippen molar-refractivity contribution in [2.45, 2.75) is 52.4 Å². The number of aliphatic imine (C=N–C) groups is 2. The second kappa shape index (κ2) is 17.3.